The molecule has 1 aliphatic carbocycles. The molecule has 0 N–H and O–H groups in total. The van der Waals surface area contributed by atoms with E-state index in [4.69, 9.17) is 26.1 Å². The van der Waals surface area contributed by atoms with Gasteiger partial charge in [0, 0.05) is 16.0 Å². The number of nitrogens with zero attached hydrogens (tertiary/aromatic N) is 1. The van der Waals surface area contributed by atoms with Crippen LogP contribution in [0.4, 0.5) is 0 Å². The fraction of sp³-hybridized carbons (Fsp3) is 0.138. The van der Waals surface area contributed by atoms with E-state index in [1.165, 1.54) is 0 Å². The van der Waals surface area contributed by atoms with Crippen LogP contribution in [0, 0.1) is 0 Å². The lowest BCUT2D eigenvalue weighted by Crippen LogP contribution is -2.16. The highest BCUT2D eigenvalue weighted by Gasteiger charge is 2.28. The molecule has 0 fully saturated rings. The van der Waals surface area contributed by atoms with Crippen molar-refractivity contribution >= 4 is 45.9 Å². The number of benzene rings is 3. The molecular weight excluding hydrogens is 462 g/mol. The van der Waals surface area contributed by atoms with Gasteiger partial charge in [-0.15, -0.1) is 0 Å². The van der Waals surface area contributed by atoms with Gasteiger partial charge in [0.05, 0.1) is 23.9 Å². The Balaban J connectivity index is 1.47. The molecule has 1 aliphatic rings. The molecule has 0 spiro atoms. The average Bonchev–Trinajstić information content (AvgIpc) is 3.28. The molecule has 5 nitrogen and oxygen atoms in total. The van der Waals surface area contributed by atoms with Crippen LogP contribution in [-0.2, 0) is 11.2 Å². The van der Waals surface area contributed by atoms with E-state index in [1.807, 2.05) is 48.5 Å². The van der Waals surface area contributed by atoms with Gasteiger partial charge in [0.2, 0.25) is 0 Å². The summed E-state index contributed by atoms with van der Waals surface area (Å²) >= 11 is 5.90. The Hall–Kier alpha value is -3.96. The lowest BCUT2D eigenvalue weighted by atomic mass is 10.0. The summed E-state index contributed by atoms with van der Waals surface area (Å²) in [4.78, 5) is 30.7. The van der Waals surface area contributed by atoms with E-state index in [1.54, 1.807) is 31.4 Å². The zero-order chi connectivity index (χ0) is 24.4. The van der Waals surface area contributed by atoms with Gasteiger partial charge < -0.3 is 9.47 Å². The number of para-hydroxylation sites is 1. The van der Waals surface area contributed by atoms with Crippen molar-refractivity contribution < 1.29 is 19.1 Å². The molecular formula is C29H22ClNO4. The predicted octanol–water partition coefficient (Wildman–Crippen LogP) is 6.42. The third-order valence-corrected chi connectivity index (χ3v) is 6.36. The molecule has 174 valence electrons. The molecule has 0 aliphatic heterocycles. The van der Waals surface area contributed by atoms with Crippen molar-refractivity contribution in [1.29, 1.82) is 0 Å². The van der Waals surface area contributed by atoms with Crippen LogP contribution in [0.5, 0.6) is 5.75 Å². The van der Waals surface area contributed by atoms with Gasteiger partial charge in [0.1, 0.15) is 5.75 Å². The first-order chi connectivity index (χ1) is 17.0. The van der Waals surface area contributed by atoms with E-state index in [0.717, 1.165) is 40.0 Å². The van der Waals surface area contributed by atoms with Crippen molar-refractivity contribution in [2.45, 2.75) is 12.8 Å². The number of rotatable bonds is 6. The van der Waals surface area contributed by atoms with E-state index >= 15 is 0 Å². The number of allylic oxidation sites excluding steroid dienone is 1. The minimum Gasteiger partial charge on any atom is -0.497 e. The fourth-order valence-corrected chi connectivity index (χ4v) is 4.46. The Morgan fingerprint density at radius 2 is 1.71 bits per heavy atom. The summed E-state index contributed by atoms with van der Waals surface area (Å²) in [5.41, 5.74) is 5.38. The van der Waals surface area contributed by atoms with Gasteiger partial charge in [-0.3, -0.25) is 4.79 Å². The van der Waals surface area contributed by atoms with Gasteiger partial charge in [-0.05, 0) is 78.1 Å². The van der Waals surface area contributed by atoms with Crippen molar-refractivity contribution in [3.63, 3.8) is 0 Å². The Labute approximate surface area is 208 Å². The van der Waals surface area contributed by atoms with E-state index in [-0.39, 0.29) is 12.4 Å². The summed E-state index contributed by atoms with van der Waals surface area (Å²) in [5.74, 6) is -0.0146. The smallest absolute Gasteiger partial charge is 0.339 e. The molecule has 1 heterocycles. The number of hydrogen-bond acceptors (Lipinski definition) is 5. The van der Waals surface area contributed by atoms with Gasteiger partial charge in [-0.25, -0.2) is 9.78 Å². The largest absolute Gasteiger partial charge is 0.497 e. The third-order valence-electron chi connectivity index (χ3n) is 6.10. The Kier molecular flexibility index (Phi) is 6.34. The molecule has 0 saturated heterocycles. The summed E-state index contributed by atoms with van der Waals surface area (Å²) < 4.78 is 10.7. The Morgan fingerprint density at radius 1 is 0.971 bits per heavy atom. The van der Waals surface area contributed by atoms with Crippen LogP contribution in [0.25, 0.3) is 22.6 Å². The molecule has 0 amide bonds. The number of esters is 1. The first-order valence-electron chi connectivity index (χ1n) is 11.3. The van der Waals surface area contributed by atoms with Gasteiger partial charge in [0.25, 0.3) is 0 Å². The monoisotopic (exact) mass is 483 g/mol. The molecule has 0 radical (unpaired) electrons. The van der Waals surface area contributed by atoms with Crippen LogP contribution in [0.15, 0.2) is 72.8 Å². The number of carbonyl (C=O) groups is 2. The molecule has 0 saturated carbocycles. The second kappa shape index (κ2) is 9.72. The lowest BCUT2D eigenvalue weighted by molar-refractivity contribution is 0.0475. The number of hydrogen-bond donors (Lipinski definition) is 0. The number of carbonyl (C=O) groups excluding carboxylic acids is 2. The normalized spacial score (nSPS) is 13.6. The maximum absolute atomic E-state index is 13.3. The number of fused-ring (bicyclic) bond motifs is 2. The maximum atomic E-state index is 13.3. The Morgan fingerprint density at radius 3 is 2.46 bits per heavy atom. The number of Topliss-reactive ketones (excluding diaryl/α,β-unsaturated/α-hetero) is 1. The number of aromatic nitrogens is 1. The van der Waals surface area contributed by atoms with Gasteiger partial charge >= 0.3 is 5.97 Å². The highest BCUT2D eigenvalue weighted by Crippen LogP contribution is 2.38. The molecule has 35 heavy (non-hydrogen) atoms. The van der Waals surface area contributed by atoms with E-state index in [2.05, 4.69) is 6.08 Å². The topological polar surface area (TPSA) is 65.5 Å². The summed E-state index contributed by atoms with van der Waals surface area (Å²) in [6, 6.07) is 21.8. The van der Waals surface area contributed by atoms with Gasteiger partial charge in [0.15, 0.2) is 12.4 Å². The van der Waals surface area contributed by atoms with Crippen LogP contribution in [0.3, 0.4) is 0 Å². The predicted molar refractivity (Wildman–Crippen MR) is 137 cm³/mol. The molecule has 1 aromatic heterocycles. The fourth-order valence-electron chi connectivity index (χ4n) is 4.34. The number of ketones is 1. The van der Waals surface area contributed by atoms with Crippen molar-refractivity contribution in [1.82, 2.24) is 4.98 Å². The highest BCUT2D eigenvalue weighted by atomic mass is 35.5. The summed E-state index contributed by atoms with van der Waals surface area (Å²) in [7, 11) is 1.64. The van der Waals surface area contributed by atoms with Crippen molar-refractivity contribution in [2.24, 2.45) is 0 Å². The maximum Gasteiger partial charge on any atom is 0.339 e. The van der Waals surface area contributed by atoms with E-state index in [9.17, 15) is 9.59 Å². The van der Waals surface area contributed by atoms with Crippen LogP contribution in [0.1, 0.15) is 44.0 Å². The number of halogens is 1. The second-order valence-corrected chi connectivity index (χ2v) is 8.72. The van der Waals surface area contributed by atoms with Gasteiger partial charge in [-0.2, -0.15) is 0 Å². The zero-order valence-electron chi connectivity index (χ0n) is 19.1. The lowest BCUT2D eigenvalue weighted by Gasteiger charge is -2.12. The Bertz CT molecular complexity index is 1460. The first-order valence-corrected chi connectivity index (χ1v) is 11.6. The quantitative estimate of drug-likeness (QED) is 0.234. The SMILES string of the molecule is COc1ccc(C=C2CCc3c2nc2ccccc2c3C(=O)OCC(=O)c2ccc(Cl)cc2)cc1. The molecule has 0 unspecified atom stereocenters. The average molecular weight is 484 g/mol. The summed E-state index contributed by atoms with van der Waals surface area (Å²) in [6.45, 7) is -0.347. The molecule has 5 rings (SSSR count). The number of pyridine rings is 1. The van der Waals surface area contributed by atoms with Crippen LogP contribution < -0.4 is 4.74 Å². The minimum absolute atomic E-state index is 0.287. The molecule has 0 bridgehead atoms. The summed E-state index contributed by atoms with van der Waals surface area (Å²) in [5, 5.41) is 1.26. The standard InChI is InChI=1S/C29H22ClNO4/c1-34-22-13-6-18(7-14-22)16-20-10-15-24-27(23-4-2-3-5-25(23)31-28(20)24)29(33)35-17-26(32)19-8-11-21(30)12-9-19/h2-9,11-14,16H,10,15,17H2,1H3. The van der Waals surface area contributed by atoms with Crippen molar-refractivity contribution in [3.05, 3.63) is 106 Å². The van der Waals surface area contributed by atoms with Crippen LogP contribution in [0.2, 0.25) is 5.02 Å². The summed E-state index contributed by atoms with van der Waals surface area (Å²) in [6.07, 6.45) is 3.52. The second-order valence-electron chi connectivity index (χ2n) is 8.28. The molecule has 0 atom stereocenters. The molecule has 4 aromatic rings. The van der Waals surface area contributed by atoms with Crippen molar-refractivity contribution in [3.8, 4) is 5.75 Å². The number of ether oxygens (including phenoxy) is 2. The zero-order valence-corrected chi connectivity index (χ0v) is 19.8. The van der Waals surface area contributed by atoms with Crippen molar-refractivity contribution in [2.75, 3.05) is 13.7 Å². The number of methoxy groups -OCH3 is 1. The van der Waals surface area contributed by atoms with E-state index < -0.39 is 5.97 Å². The molecule has 3 aromatic carbocycles. The molecule has 6 heteroatoms. The highest BCUT2D eigenvalue weighted by molar-refractivity contribution is 6.30. The first kappa shape index (κ1) is 22.8. The van der Waals surface area contributed by atoms with Crippen LogP contribution in [-0.4, -0.2) is 30.5 Å². The minimum atomic E-state index is -0.520. The van der Waals surface area contributed by atoms with E-state index in [0.29, 0.717) is 28.1 Å². The van der Waals surface area contributed by atoms with Gasteiger partial charge in [-0.1, -0.05) is 41.9 Å². The van der Waals surface area contributed by atoms with Crippen LogP contribution >= 0.6 is 11.6 Å². The third kappa shape index (κ3) is 4.68.